The Balaban J connectivity index is 1.44. The van der Waals surface area contributed by atoms with Crippen molar-refractivity contribution in [1.82, 2.24) is 24.7 Å². The quantitative estimate of drug-likeness (QED) is 0.329. The standard InChI is InChI=1S/C21H15F4N7/c22-13-1-4-15(5-2-13)32-17-6-3-14(9-12(17)10-28-32)29-20-30-18-16(7-8-26-18)19(31-20)27-11-21(23,24)25/h1-10H,11H2,(H3,26,27,29,30,31). The second-order valence-electron chi connectivity index (χ2n) is 7.04. The first-order valence-electron chi connectivity index (χ1n) is 9.52. The van der Waals surface area contributed by atoms with Crippen LogP contribution in [0.3, 0.4) is 0 Å². The Kier molecular flexibility index (Phi) is 4.65. The van der Waals surface area contributed by atoms with Gasteiger partial charge in [-0.3, -0.25) is 0 Å². The summed E-state index contributed by atoms with van der Waals surface area (Å²) in [6.07, 6.45) is -1.14. The van der Waals surface area contributed by atoms with Crippen molar-refractivity contribution in [2.24, 2.45) is 0 Å². The number of alkyl halides is 3. The van der Waals surface area contributed by atoms with Crippen LogP contribution >= 0.6 is 0 Å². The minimum atomic E-state index is -4.38. The molecule has 0 unspecified atom stereocenters. The molecule has 32 heavy (non-hydrogen) atoms. The number of anilines is 3. The van der Waals surface area contributed by atoms with Crippen molar-refractivity contribution in [3.05, 3.63) is 66.7 Å². The van der Waals surface area contributed by atoms with E-state index in [9.17, 15) is 17.6 Å². The normalized spacial score (nSPS) is 11.9. The minimum Gasteiger partial charge on any atom is -0.360 e. The molecule has 0 spiro atoms. The van der Waals surface area contributed by atoms with Crippen LogP contribution in [0, 0.1) is 5.82 Å². The van der Waals surface area contributed by atoms with Gasteiger partial charge in [-0.2, -0.15) is 28.2 Å². The smallest absolute Gasteiger partial charge is 0.360 e. The molecule has 0 fully saturated rings. The SMILES string of the molecule is Fc1ccc(-n2ncc3cc(Nc4nc(NCC(F)(F)F)c5cc[nH]c5n4)ccc32)cc1. The van der Waals surface area contributed by atoms with Crippen LogP contribution in [-0.2, 0) is 0 Å². The molecule has 3 heterocycles. The van der Waals surface area contributed by atoms with Gasteiger partial charge in [-0.05, 0) is 48.5 Å². The van der Waals surface area contributed by atoms with Crippen molar-refractivity contribution in [3.63, 3.8) is 0 Å². The largest absolute Gasteiger partial charge is 0.405 e. The number of H-pyrrole nitrogens is 1. The summed E-state index contributed by atoms with van der Waals surface area (Å²) >= 11 is 0. The molecule has 3 aromatic heterocycles. The second kappa shape index (κ2) is 7.52. The zero-order chi connectivity index (χ0) is 22.3. The number of halogens is 4. The van der Waals surface area contributed by atoms with Crippen molar-refractivity contribution in [2.75, 3.05) is 17.2 Å². The summed E-state index contributed by atoms with van der Waals surface area (Å²) in [6.45, 7) is -1.21. The summed E-state index contributed by atoms with van der Waals surface area (Å²) in [5.41, 5.74) is 2.54. The third-order valence-corrected chi connectivity index (χ3v) is 4.77. The minimum absolute atomic E-state index is 0.0706. The molecule has 3 N–H and O–H groups in total. The van der Waals surface area contributed by atoms with E-state index in [1.807, 2.05) is 12.1 Å². The molecule has 5 aromatic rings. The molecular formula is C21H15F4N7. The highest BCUT2D eigenvalue weighted by Crippen LogP contribution is 2.27. The summed E-state index contributed by atoms with van der Waals surface area (Å²) in [5, 5.41) is 10.9. The zero-order valence-electron chi connectivity index (χ0n) is 16.3. The van der Waals surface area contributed by atoms with E-state index < -0.39 is 12.7 Å². The Bertz CT molecular complexity index is 1400. The van der Waals surface area contributed by atoms with Gasteiger partial charge in [0.15, 0.2) is 0 Å². The highest BCUT2D eigenvalue weighted by Gasteiger charge is 2.27. The number of fused-ring (bicyclic) bond motifs is 2. The average Bonchev–Trinajstić information content (AvgIpc) is 3.39. The molecule has 0 aliphatic carbocycles. The molecule has 0 aliphatic rings. The van der Waals surface area contributed by atoms with Crippen LogP contribution < -0.4 is 10.6 Å². The van der Waals surface area contributed by atoms with Gasteiger partial charge >= 0.3 is 6.18 Å². The zero-order valence-corrected chi connectivity index (χ0v) is 16.3. The number of aromatic amines is 1. The molecule has 0 atom stereocenters. The summed E-state index contributed by atoms with van der Waals surface area (Å²) in [7, 11) is 0. The molecule has 0 bridgehead atoms. The van der Waals surface area contributed by atoms with E-state index in [4.69, 9.17) is 0 Å². The molecule has 2 aromatic carbocycles. The first kappa shape index (κ1) is 19.8. The van der Waals surface area contributed by atoms with E-state index in [1.54, 1.807) is 41.3 Å². The Hall–Kier alpha value is -4.15. The van der Waals surface area contributed by atoms with Crippen LogP contribution in [0.1, 0.15) is 0 Å². The summed E-state index contributed by atoms with van der Waals surface area (Å²) in [4.78, 5) is 11.4. The van der Waals surface area contributed by atoms with Crippen LogP contribution in [0.2, 0.25) is 0 Å². The van der Waals surface area contributed by atoms with Crippen LogP contribution in [-0.4, -0.2) is 37.5 Å². The molecule has 7 nitrogen and oxygen atoms in total. The molecule has 0 aliphatic heterocycles. The van der Waals surface area contributed by atoms with E-state index in [0.717, 1.165) is 10.9 Å². The first-order valence-corrected chi connectivity index (χ1v) is 9.52. The number of nitrogens with zero attached hydrogens (tertiary/aromatic N) is 4. The molecule has 5 rings (SSSR count). The van der Waals surface area contributed by atoms with Crippen LogP contribution in [0.25, 0.3) is 27.6 Å². The Labute approximate surface area is 178 Å². The van der Waals surface area contributed by atoms with Crippen molar-refractivity contribution < 1.29 is 17.6 Å². The molecule has 0 radical (unpaired) electrons. The highest BCUT2D eigenvalue weighted by molar-refractivity contribution is 5.89. The van der Waals surface area contributed by atoms with Gasteiger partial charge in [0, 0.05) is 17.3 Å². The van der Waals surface area contributed by atoms with Gasteiger partial charge in [-0.1, -0.05) is 0 Å². The average molecular weight is 441 g/mol. The maximum Gasteiger partial charge on any atom is 0.405 e. The van der Waals surface area contributed by atoms with Gasteiger partial charge < -0.3 is 15.6 Å². The lowest BCUT2D eigenvalue weighted by molar-refractivity contribution is -0.115. The van der Waals surface area contributed by atoms with Gasteiger partial charge in [-0.15, -0.1) is 0 Å². The lowest BCUT2D eigenvalue weighted by Crippen LogP contribution is -2.22. The van der Waals surface area contributed by atoms with Gasteiger partial charge in [-0.25, -0.2) is 9.07 Å². The van der Waals surface area contributed by atoms with Crippen LogP contribution in [0.15, 0.2) is 60.9 Å². The number of hydrogen-bond donors (Lipinski definition) is 3. The number of hydrogen-bond acceptors (Lipinski definition) is 5. The van der Waals surface area contributed by atoms with E-state index >= 15 is 0 Å². The Morgan fingerprint density at radius 1 is 1.00 bits per heavy atom. The first-order chi connectivity index (χ1) is 15.4. The van der Waals surface area contributed by atoms with Crippen molar-refractivity contribution in [2.45, 2.75) is 6.18 Å². The molecule has 11 heteroatoms. The fourth-order valence-electron chi connectivity index (χ4n) is 3.34. The summed E-state index contributed by atoms with van der Waals surface area (Å²) < 4.78 is 52.8. The van der Waals surface area contributed by atoms with E-state index in [1.165, 1.54) is 12.1 Å². The monoisotopic (exact) mass is 441 g/mol. The van der Waals surface area contributed by atoms with Crippen LogP contribution in [0.4, 0.5) is 35.0 Å². The molecule has 0 saturated carbocycles. The molecule has 0 saturated heterocycles. The maximum absolute atomic E-state index is 13.2. The predicted octanol–water partition coefficient (Wildman–Crippen LogP) is 5.15. The van der Waals surface area contributed by atoms with Crippen molar-refractivity contribution in [3.8, 4) is 5.69 Å². The lowest BCUT2D eigenvalue weighted by atomic mass is 10.2. The van der Waals surface area contributed by atoms with Crippen LogP contribution in [0.5, 0.6) is 0 Å². The van der Waals surface area contributed by atoms with E-state index in [2.05, 4.69) is 30.7 Å². The maximum atomic E-state index is 13.2. The van der Waals surface area contributed by atoms with E-state index in [-0.39, 0.29) is 17.6 Å². The van der Waals surface area contributed by atoms with E-state index in [0.29, 0.717) is 22.4 Å². The van der Waals surface area contributed by atoms with Gasteiger partial charge in [0.1, 0.15) is 23.8 Å². The van der Waals surface area contributed by atoms with Gasteiger partial charge in [0.25, 0.3) is 0 Å². The molecular weight excluding hydrogens is 426 g/mol. The Morgan fingerprint density at radius 3 is 2.59 bits per heavy atom. The second-order valence-corrected chi connectivity index (χ2v) is 7.04. The summed E-state index contributed by atoms with van der Waals surface area (Å²) in [5.74, 6) is -0.129. The third kappa shape index (κ3) is 3.92. The van der Waals surface area contributed by atoms with Crippen molar-refractivity contribution >= 4 is 39.4 Å². The number of nitrogens with one attached hydrogen (secondary N) is 3. The Morgan fingerprint density at radius 2 is 1.81 bits per heavy atom. The lowest BCUT2D eigenvalue weighted by Gasteiger charge is -2.12. The van der Waals surface area contributed by atoms with Gasteiger partial charge in [0.05, 0.1) is 22.8 Å². The fraction of sp³-hybridized carbons (Fsp3) is 0.0952. The highest BCUT2D eigenvalue weighted by atomic mass is 19.4. The number of rotatable bonds is 5. The van der Waals surface area contributed by atoms with Gasteiger partial charge in [0.2, 0.25) is 5.95 Å². The number of benzene rings is 2. The number of aromatic nitrogens is 5. The fourth-order valence-corrected chi connectivity index (χ4v) is 3.34. The predicted molar refractivity (Wildman–Crippen MR) is 113 cm³/mol. The molecule has 162 valence electrons. The molecule has 0 amide bonds. The summed E-state index contributed by atoms with van der Waals surface area (Å²) in [6, 6.07) is 13.0. The van der Waals surface area contributed by atoms with Crippen molar-refractivity contribution in [1.29, 1.82) is 0 Å². The third-order valence-electron chi connectivity index (χ3n) is 4.77. The topological polar surface area (TPSA) is 83.5 Å².